The van der Waals surface area contributed by atoms with E-state index in [1.807, 2.05) is 0 Å². The molecule has 4 heteroatoms. The molecular formula is C14H21NO3. The topological polar surface area (TPSA) is 51.5 Å². The fourth-order valence-electron chi connectivity index (χ4n) is 2.43. The van der Waals surface area contributed by atoms with Gasteiger partial charge < -0.3 is 14.5 Å². The zero-order valence-corrected chi connectivity index (χ0v) is 10.9. The second-order valence-corrected chi connectivity index (χ2v) is 4.86. The predicted molar refractivity (Wildman–Crippen MR) is 68.4 cm³/mol. The van der Waals surface area contributed by atoms with E-state index in [0.29, 0.717) is 18.2 Å². The van der Waals surface area contributed by atoms with E-state index in [1.54, 1.807) is 6.07 Å². The number of hydrogen-bond donors (Lipinski definition) is 1. The molecule has 1 aromatic rings. The summed E-state index contributed by atoms with van der Waals surface area (Å²) in [6, 6.07) is 2.33. The first-order valence-electron chi connectivity index (χ1n) is 6.68. The zero-order chi connectivity index (χ0) is 12.8. The highest BCUT2D eigenvalue weighted by atomic mass is 16.5. The summed E-state index contributed by atoms with van der Waals surface area (Å²) in [5.41, 5.74) is 0.482. The van der Waals surface area contributed by atoms with Crippen LogP contribution in [-0.2, 0) is 11.3 Å². The van der Waals surface area contributed by atoms with Gasteiger partial charge in [-0.25, -0.2) is 4.79 Å². The van der Waals surface area contributed by atoms with Crippen LogP contribution in [0, 0.1) is 0 Å². The van der Waals surface area contributed by atoms with Crippen molar-refractivity contribution in [1.82, 2.24) is 5.32 Å². The van der Waals surface area contributed by atoms with Crippen molar-refractivity contribution in [2.24, 2.45) is 0 Å². The number of rotatable bonds is 4. The Kier molecular flexibility index (Phi) is 4.81. The molecule has 4 nitrogen and oxygen atoms in total. The van der Waals surface area contributed by atoms with E-state index < -0.39 is 0 Å². The molecule has 0 amide bonds. The van der Waals surface area contributed by atoms with E-state index in [9.17, 15) is 4.79 Å². The van der Waals surface area contributed by atoms with Gasteiger partial charge in [-0.1, -0.05) is 25.7 Å². The summed E-state index contributed by atoms with van der Waals surface area (Å²) in [4.78, 5) is 11.3. The quantitative estimate of drug-likeness (QED) is 0.660. The molecule has 100 valence electrons. The molecular weight excluding hydrogens is 230 g/mol. The van der Waals surface area contributed by atoms with E-state index in [2.05, 4.69) is 10.1 Å². The maximum Gasteiger partial charge on any atom is 0.341 e. The van der Waals surface area contributed by atoms with Gasteiger partial charge in [0, 0.05) is 6.04 Å². The van der Waals surface area contributed by atoms with E-state index in [-0.39, 0.29) is 5.97 Å². The van der Waals surface area contributed by atoms with E-state index >= 15 is 0 Å². The Labute approximate surface area is 108 Å². The number of carbonyl (C=O) groups excluding carboxylic acids is 1. The summed E-state index contributed by atoms with van der Waals surface area (Å²) in [7, 11) is 1.37. The third-order valence-electron chi connectivity index (χ3n) is 3.49. The Bertz CT molecular complexity index is 378. The van der Waals surface area contributed by atoms with Gasteiger partial charge in [-0.2, -0.15) is 0 Å². The lowest BCUT2D eigenvalue weighted by Crippen LogP contribution is -2.27. The van der Waals surface area contributed by atoms with Gasteiger partial charge in [0.05, 0.1) is 19.2 Å². The van der Waals surface area contributed by atoms with Gasteiger partial charge in [0.2, 0.25) is 0 Å². The van der Waals surface area contributed by atoms with Crippen LogP contribution in [0.1, 0.15) is 54.6 Å². The summed E-state index contributed by atoms with van der Waals surface area (Å²) in [6.45, 7) is 0.682. The Morgan fingerprint density at radius 2 is 2.11 bits per heavy atom. The van der Waals surface area contributed by atoms with Gasteiger partial charge in [0.25, 0.3) is 0 Å². The van der Waals surface area contributed by atoms with E-state index in [0.717, 1.165) is 5.76 Å². The van der Waals surface area contributed by atoms with Crippen LogP contribution >= 0.6 is 0 Å². The second-order valence-electron chi connectivity index (χ2n) is 4.86. The Morgan fingerprint density at radius 1 is 1.39 bits per heavy atom. The third-order valence-corrected chi connectivity index (χ3v) is 3.49. The number of furan rings is 1. The molecule has 0 aromatic carbocycles. The number of methoxy groups -OCH3 is 1. The molecule has 1 heterocycles. The molecule has 0 saturated heterocycles. The first-order chi connectivity index (χ1) is 8.79. The lowest BCUT2D eigenvalue weighted by atomic mass is 10.1. The molecule has 1 aliphatic rings. The average molecular weight is 251 g/mol. The molecule has 1 aliphatic carbocycles. The van der Waals surface area contributed by atoms with Crippen LogP contribution in [0.5, 0.6) is 0 Å². The molecule has 2 rings (SSSR count). The summed E-state index contributed by atoms with van der Waals surface area (Å²) in [5.74, 6) is 0.444. The molecule has 1 aromatic heterocycles. The summed E-state index contributed by atoms with van der Waals surface area (Å²) in [6.07, 6.45) is 9.26. The van der Waals surface area contributed by atoms with Crippen LogP contribution < -0.4 is 5.32 Å². The van der Waals surface area contributed by atoms with Crippen LogP contribution in [0.4, 0.5) is 0 Å². The molecule has 1 N–H and O–H groups in total. The maximum absolute atomic E-state index is 11.3. The number of esters is 1. The van der Waals surface area contributed by atoms with Gasteiger partial charge in [0.1, 0.15) is 12.0 Å². The van der Waals surface area contributed by atoms with Crippen molar-refractivity contribution >= 4 is 5.97 Å². The standard InChI is InChI=1S/C14H21NO3/c1-17-14(16)11-8-13(18-10-11)9-15-12-6-4-2-3-5-7-12/h8,10,12,15H,2-7,9H2,1H3. The van der Waals surface area contributed by atoms with E-state index in [1.165, 1.54) is 51.9 Å². The monoisotopic (exact) mass is 251 g/mol. The maximum atomic E-state index is 11.3. The minimum absolute atomic E-state index is 0.348. The second kappa shape index (κ2) is 6.59. The smallest absolute Gasteiger partial charge is 0.341 e. The van der Waals surface area contributed by atoms with Crippen LogP contribution in [-0.4, -0.2) is 19.1 Å². The molecule has 1 fully saturated rings. The molecule has 0 aliphatic heterocycles. The van der Waals surface area contributed by atoms with Crippen LogP contribution in [0.2, 0.25) is 0 Å². The Hall–Kier alpha value is -1.29. The summed E-state index contributed by atoms with van der Waals surface area (Å²) >= 11 is 0. The molecule has 18 heavy (non-hydrogen) atoms. The van der Waals surface area contributed by atoms with Crippen molar-refractivity contribution in [2.75, 3.05) is 7.11 Å². The highest BCUT2D eigenvalue weighted by Crippen LogP contribution is 2.18. The highest BCUT2D eigenvalue weighted by Gasteiger charge is 2.14. The molecule has 0 radical (unpaired) electrons. The minimum Gasteiger partial charge on any atom is -0.467 e. The predicted octanol–water partition coefficient (Wildman–Crippen LogP) is 2.88. The fraction of sp³-hybridized carbons (Fsp3) is 0.643. The number of hydrogen-bond acceptors (Lipinski definition) is 4. The minimum atomic E-state index is -0.348. The Morgan fingerprint density at radius 3 is 2.78 bits per heavy atom. The molecule has 0 atom stereocenters. The van der Waals surface area contributed by atoms with Gasteiger partial charge in [0.15, 0.2) is 0 Å². The number of ether oxygens (including phenoxy) is 1. The first kappa shape index (κ1) is 13.1. The fourth-order valence-corrected chi connectivity index (χ4v) is 2.43. The van der Waals surface area contributed by atoms with Crippen LogP contribution in [0.15, 0.2) is 16.7 Å². The Balaban J connectivity index is 1.82. The van der Waals surface area contributed by atoms with Crippen molar-refractivity contribution in [3.63, 3.8) is 0 Å². The SMILES string of the molecule is COC(=O)c1coc(CNC2CCCCCC2)c1. The molecule has 0 bridgehead atoms. The van der Waals surface area contributed by atoms with Crippen LogP contribution in [0.25, 0.3) is 0 Å². The lowest BCUT2D eigenvalue weighted by Gasteiger charge is -2.14. The van der Waals surface area contributed by atoms with Gasteiger partial charge in [-0.05, 0) is 18.9 Å². The average Bonchev–Trinajstić information content (AvgIpc) is 2.71. The summed E-state index contributed by atoms with van der Waals surface area (Å²) < 4.78 is 9.99. The van der Waals surface area contributed by atoms with E-state index in [4.69, 9.17) is 4.42 Å². The number of nitrogens with one attached hydrogen (secondary N) is 1. The zero-order valence-electron chi connectivity index (χ0n) is 10.9. The first-order valence-corrected chi connectivity index (χ1v) is 6.68. The number of carbonyl (C=O) groups is 1. The largest absolute Gasteiger partial charge is 0.467 e. The third kappa shape index (κ3) is 3.60. The lowest BCUT2D eigenvalue weighted by molar-refractivity contribution is 0.0600. The summed E-state index contributed by atoms with van der Waals surface area (Å²) in [5, 5.41) is 3.50. The van der Waals surface area contributed by atoms with Crippen molar-refractivity contribution in [1.29, 1.82) is 0 Å². The van der Waals surface area contributed by atoms with Gasteiger partial charge >= 0.3 is 5.97 Å². The van der Waals surface area contributed by atoms with Crippen molar-refractivity contribution < 1.29 is 13.9 Å². The molecule has 1 saturated carbocycles. The normalized spacial score (nSPS) is 17.4. The van der Waals surface area contributed by atoms with Crippen molar-refractivity contribution in [3.05, 3.63) is 23.7 Å². The van der Waals surface area contributed by atoms with Crippen LogP contribution in [0.3, 0.4) is 0 Å². The van der Waals surface area contributed by atoms with Gasteiger partial charge in [-0.3, -0.25) is 0 Å². The van der Waals surface area contributed by atoms with Crippen molar-refractivity contribution in [3.8, 4) is 0 Å². The van der Waals surface area contributed by atoms with Crippen molar-refractivity contribution in [2.45, 2.75) is 51.1 Å². The van der Waals surface area contributed by atoms with Gasteiger partial charge in [-0.15, -0.1) is 0 Å². The highest BCUT2D eigenvalue weighted by molar-refractivity contribution is 5.88. The molecule has 0 unspecified atom stereocenters. The molecule has 0 spiro atoms.